The highest BCUT2D eigenvalue weighted by molar-refractivity contribution is 5.74. The fraction of sp³-hybridized carbons (Fsp3) is 0.333. The summed E-state index contributed by atoms with van der Waals surface area (Å²) >= 11 is 0. The van der Waals surface area contributed by atoms with Gasteiger partial charge in [0.15, 0.2) is 0 Å². The van der Waals surface area contributed by atoms with Crippen LogP contribution in [0.2, 0.25) is 0 Å². The van der Waals surface area contributed by atoms with E-state index in [9.17, 15) is 10.1 Å². The molecule has 5 heteroatoms. The van der Waals surface area contributed by atoms with Crippen molar-refractivity contribution in [2.45, 2.75) is 32.2 Å². The molecular weight excluding hydrogens is 328 g/mol. The SMILES string of the molecule is COc1cccc(C2Nc3c([N+](=O)[O-])cc(C)c(C)c3[C@@H]3C=CC[C@H]23)c1. The second kappa shape index (κ2) is 6.16. The molecule has 0 spiro atoms. The summed E-state index contributed by atoms with van der Waals surface area (Å²) in [6, 6.07) is 9.66. The Hall–Kier alpha value is -2.82. The van der Waals surface area contributed by atoms with Gasteiger partial charge < -0.3 is 10.1 Å². The van der Waals surface area contributed by atoms with Crippen molar-refractivity contribution in [2.75, 3.05) is 12.4 Å². The van der Waals surface area contributed by atoms with Crippen LogP contribution in [-0.4, -0.2) is 12.0 Å². The molecule has 1 N–H and O–H groups in total. The summed E-state index contributed by atoms with van der Waals surface area (Å²) in [5.74, 6) is 1.34. The maximum Gasteiger partial charge on any atom is 0.292 e. The molecule has 2 aromatic rings. The van der Waals surface area contributed by atoms with Crippen molar-refractivity contribution in [2.24, 2.45) is 5.92 Å². The van der Waals surface area contributed by atoms with Crippen LogP contribution in [0.1, 0.15) is 40.6 Å². The van der Waals surface area contributed by atoms with E-state index in [0.717, 1.165) is 34.4 Å². The molecule has 0 amide bonds. The lowest BCUT2D eigenvalue weighted by molar-refractivity contribution is -0.384. The smallest absolute Gasteiger partial charge is 0.292 e. The third-order valence-electron chi connectivity index (χ3n) is 5.80. The Morgan fingerprint density at radius 1 is 1.27 bits per heavy atom. The van der Waals surface area contributed by atoms with Crippen LogP contribution in [-0.2, 0) is 0 Å². The Labute approximate surface area is 152 Å². The first-order chi connectivity index (χ1) is 12.5. The molecule has 1 aliphatic carbocycles. The maximum absolute atomic E-state index is 11.7. The molecule has 134 valence electrons. The number of allylic oxidation sites excluding steroid dienone is 2. The highest BCUT2D eigenvalue weighted by Crippen LogP contribution is 2.53. The molecule has 0 bridgehead atoms. The Morgan fingerprint density at radius 3 is 2.81 bits per heavy atom. The van der Waals surface area contributed by atoms with Gasteiger partial charge in [0.2, 0.25) is 0 Å². The van der Waals surface area contributed by atoms with Crippen molar-refractivity contribution in [3.63, 3.8) is 0 Å². The van der Waals surface area contributed by atoms with E-state index in [-0.39, 0.29) is 22.6 Å². The lowest BCUT2D eigenvalue weighted by Gasteiger charge is -2.38. The number of nitro benzene ring substituents is 1. The lowest BCUT2D eigenvalue weighted by Crippen LogP contribution is -2.30. The minimum atomic E-state index is -0.278. The third kappa shape index (κ3) is 2.46. The molecule has 1 unspecified atom stereocenters. The highest BCUT2D eigenvalue weighted by Gasteiger charge is 2.41. The number of rotatable bonds is 3. The van der Waals surface area contributed by atoms with Crippen LogP contribution >= 0.6 is 0 Å². The molecule has 0 fully saturated rings. The number of nitrogens with one attached hydrogen (secondary N) is 1. The number of hydrogen-bond acceptors (Lipinski definition) is 4. The summed E-state index contributed by atoms with van der Waals surface area (Å²) in [5, 5.41) is 15.2. The van der Waals surface area contributed by atoms with E-state index in [1.165, 1.54) is 0 Å². The van der Waals surface area contributed by atoms with Crippen molar-refractivity contribution in [1.82, 2.24) is 0 Å². The average Bonchev–Trinajstić information content (AvgIpc) is 3.13. The fourth-order valence-electron chi connectivity index (χ4n) is 4.39. The molecule has 0 saturated carbocycles. The molecule has 3 atom stereocenters. The zero-order valence-corrected chi connectivity index (χ0v) is 15.2. The first kappa shape index (κ1) is 16.6. The molecule has 2 aliphatic rings. The van der Waals surface area contributed by atoms with Gasteiger partial charge in [-0.15, -0.1) is 0 Å². The maximum atomic E-state index is 11.7. The van der Waals surface area contributed by atoms with Gasteiger partial charge in [-0.25, -0.2) is 0 Å². The van der Waals surface area contributed by atoms with Crippen molar-refractivity contribution < 1.29 is 9.66 Å². The molecule has 26 heavy (non-hydrogen) atoms. The number of fused-ring (bicyclic) bond motifs is 3. The van der Waals surface area contributed by atoms with E-state index < -0.39 is 0 Å². The van der Waals surface area contributed by atoms with Crippen LogP contribution in [0.15, 0.2) is 42.5 Å². The summed E-state index contributed by atoms with van der Waals surface area (Å²) < 4.78 is 5.37. The quantitative estimate of drug-likeness (QED) is 0.478. The molecule has 0 radical (unpaired) electrons. The largest absolute Gasteiger partial charge is 0.497 e. The van der Waals surface area contributed by atoms with E-state index in [0.29, 0.717) is 11.6 Å². The Balaban J connectivity index is 1.89. The average molecular weight is 350 g/mol. The monoisotopic (exact) mass is 350 g/mol. The van der Waals surface area contributed by atoms with Gasteiger partial charge in [0, 0.05) is 12.0 Å². The summed E-state index contributed by atoms with van der Waals surface area (Å²) in [4.78, 5) is 11.4. The van der Waals surface area contributed by atoms with E-state index in [4.69, 9.17) is 4.74 Å². The Kier molecular flexibility index (Phi) is 3.94. The molecular formula is C21H22N2O3. The molecule has 2 aromatic carbocycles. The predicted molar refractivity (Wildman–Crippen MR) is 102 cm³/mol. The number of nitro groups is 1. The van der Waals surface area contributed by atoms with Crippen molar-refractivity contribution in [3.8, 4) is 5.75 Å². The van der Waals surface area contributed by atoms with Crippen LogP contribution in [0.4, 0.5) is 11.4 Å². The lowest BCUT2D eigenvalue weighted by atomic mass is 9.74. The van der Waals surface area contributed by atoms with Gasteiger partial charge in [0.25, 0.3) is 5.69 Å². The van der Waals surface area contributed by atoms with Crippen LogP contribution in [0, 0.1) is 29.9 Å². The van der Waals surface area contributed by atoms with Crippen molar-refractivity contribution in [3.05, 3.63) is 74.9 Å². The number of ether oxygens (including phenoxy) is 1. The van der Waals surface area contributed by atoms with Gasteiger partial charge >= 0.3 is 0 Å². The summed E-state index contributed by atoms with van der Waals surface area (Å²) in [6.45, 7) is 4.01. The summed E-state index contributed by atoms with van der Waals surface area (Å²) in [5.41, 5.74) is 5.11. The van der Waals surface area contributed by atoms with Crippen LogP contribution < -0.4 is 10.1 Å². The number of nitrogens with zero attached hydrogens (tertiary/aromatic N) is 1. The second-order valence-corrected chi connectivity index (χ2v) is 7.14. The standard InChI is InChI=1S/C21H22N2O3/c1-12-10-18(23(24)25)21-19(13(12)2)16-8-5-9-17(16)20(22-21)14-6-4-7-15(11-14)26-3/h4-8,10-11,16-17,20,22H,9H2,1-3H3/t16-,17+,20?/m1/s1. The van der Waals surface area contributed by atoms with E-state index >= 15 is 0 Å². The van der Waals surface area contributed by atoms with Crippen LogP contribution in [0.5, 0.6) is 5.75 Å². The van der Waals surface area contributed by atoms with Gasteiger partial charge in [-0.05, 0) is 60.6 Å². The minimum Gasteiger partial charge on any atom is -0.497 e. The number of anilines is 1. The number of aryl methyl sites for hydroxylation is 1. The number of methoxy groups -OCH3 is 1. The Bertz CT molecular complexity index is 920. The Morgan fingerprint density at radius 2 is 2.08 bits per heavy atom. The molecule has 1 aliphatic heterocycles. The molecule has 5 nitrogen and oxygen atoms in total. The third-order valence-corrected chi connectivity index (χ3v) is 5.80. The number of benzene rings is 2. The van der Waals surface area contributed by atoms with E-state index in [1.807, 2.05) is 25.1 Å². The normalized spacial score (nSPS) is 23.1. The summed E-state index contributed by atoms with van der Waals surface area (Å²) in [6.07, 6.45) is 5.38. The topological polar surface area (TPSA) is 64.4 Å². The van der Waals surface area contributed by atoms with E-state index in [1.54, 1.807) is 13.2 Å². The van der Waals surface area contributed by atoms with Crippen molar-refractivity contribution >= 4 is 11.4 Å². The first-order valence-electron chi connectivity index (χ1n) is 8.87. The van der Waals surface area contributed by atoms with Crippen molar-refractivity contribution in [1.29, 1.82) is 0 Å². The highest BCUT2D eigenvalue weighted by atomic mass is 16.6. The van der Waals surface area contributed by atoms with Gasteiger partial charge in [-0.2, -0.15) is 0 Å². The van der Waals surface area contributed by atoms with Crippen LogP contribution in [0.3, 0.4) is 0 Å². The van der Waals surface area contributed by atoms with Gasteiger partial charge in [0.1, 0.15) is 11.4 Å². The molecule has 4 rings (SSSR count). The molecule has 0 aromatic heterocycles. The zero-order chi connectivity index (χ0) is 18.4. The van der Waals surface area contributed by atoms with E-state index in [2.05, 4.69) is 30.5 Å². The second-order valence-electron chi connectivity index (χ2n) is 7.14. The first-order valence-corrected chi connectivity index (χ1v) is 8.87. The molecule has 0 saturated heterocycles. The van der Waals surface area contributed by atoms with Gasteiger partial charge in [0.05, 0.1) is 18.1 Å². The zero-order valence-electron chi connectivity index (χ0n) is 15.2. The predicted octanol–water partition coefficient (Wildman–Crippen LogP) is 5.05. The minimum absolute atomic E-state index is 0.0124. The van der Waals surface area contributed by atoms with Gasteiger partial charge in [-0.1, -0.05) is 24.3 Å². The van der Waals surface area contributed by atoms with Gasteiger partial charge in [-0.3, -0.25) is 10.1 Å². The van der Waals surface area contributed by atoms with Crippen LogP contribution in [0.25, 0.3) is 0 Å². The molecule has 1 heterocycles. The summed E-state index contributed by atoms with van der Waals surface area (Å²) in [7, 11) is 1.65. The number of hydrogen-bond donors (Lipinski definition) is 1. The fourth-order valence-corrected chi connectivity index (χ4v) is 4.39.